The van der Waals surface area contributed by atoms with Gasteiger partial charge in [0.2, 0.25) is 0 Å². The van der Waals surface area contributed by atoms with Crippen molar-refractivity contribution in [3.05, 3.63) is 23.8 Å². The first kappa shape index (κ1) is 15.2. The maximum absolute atomic E-state index is 5.39. The van der Waals surface area contributed by atoms with Crippen LogP contribution in [0.2, 0.25) is 10.6 Å². The Morgan fingerprint density at radius 2 is 1.81 bits per heavy atom. The van der Waals surface area contributed by atoms with Crippen molar-refractivity contribution < 1.29 is 9.47 Å². The quantitative estimate of drug-likeness (QED) is 0.759. The Bertz CT molecular complexity index is 468. The monoisotopic (exact) mass is 355 g/mol. The number of nitrogens with zero attached hydrogens (tertiary/aromatic N) is 1. The second kappa shape index (κ2) is 7.04. The summed E-state index contributed by atoms with van der Waals surface area (Å²) in [5, 5.41) is 3.02. The Morgan fingerprint density at radius 1 is 1.10 bits per heavy atom. The molecule has 2 aliphatic rings. The average Bonchev–Trinajstić information content (AvgIpc) is 2.52. The van der Waals surface area contributed by atoms with Crippen molar-refractivity contribution in [1.29, 1.82) is 0 Å². The van der Waals surface area contributed by atoms with Crippen LogP contribution >= 0.6 is 0 Å². The summed E-state index contributed by atoms with van der Waals surface area (Å²) >= 11 is 0.934. The number of likely N-dealkylation sites (tertiary alicyclic amines) is 1. The van der Waals surface area contributed by atoms with E-state index in [-0.39, 0.29) is 0 Å². The van der Waals surface area contributed by atoms with E-state index in [4.69, 9.17) is 9.47 Å². The molecule has 0 N–H and O–H groups in total. The van der Waals surface area contributed by atoms with E-state index < -0.39 is 0 Å². The van der Waals surface area contributed by atoms with E-state index in [1.807, 2.05) is 6.07 Å². The Kier molecular flexibility index (Phi) is 5.10. The molecule has 0 saturated carbocycles. The molecule has 2 aliphatic heterocycles. The van der Waals surface area contributed by atoms with Crippen molar-refractivity contribution in [2.75, 3.05) is 33.9 Å². The molecule has 3 rings (SSSR count). The van der Waals surface area contributed by atoms with E-state index in [9.17, 15) is 0 Å². The fraction of sp³-hybridized carbons (Fsp3) is 0.647. The van der Waals surface area contributed by atoms with Gasteiger partial charge in [0.15, 0.2) is 0 Å². The van der Waals surface area contributed by atoms with Gasteiger partial charge in [-0.05, 0) is 0 Å². The van der Waals surface area contributed by atoms with Crippen LogP contribution in [0.15, 0.2) is 18.2 Å². The van der Waals surface area contributed by atoms with Crippen molar-refractivity contribution in [2.45, 2.75) is 23.5 Å². The molecule has 3 nitrogen and oxygen atoms in total. The van der Waals surface area contributed by atoms with E-state index in [0.29, 0.717) is 0 Å². The molecule has 2 heterocycles. The van der Waals surface area contributed by atoms with Gasteiger partial charge in [0, 0.05) is 0 Å². The van der Waals surface area contributed by atoms with Crippen molar-refractivity contribution in [1.82, 2.24) is 4.90 Å². The summed E-state index contributed by atoms with van der Waals surface area (Å²) in [4.78, 5) is 2.69. The van der Waals surface area contributed by atoms with Gasteiger partial charge in [-0.2, -0.15) is 0 Å². The number of benzene rings is 1. The third-order valence-corrected chi connectivity index (χ3v) is 7.54. The summed E-state index contributed by atoms with van der Waals surface area (Å²) in [6.07, 6.45) is 2.60. The summed E-state index contributed by atoms with van der Waals surface area (Å²) in [6, 6.07) is 6.30. The molecule has 1 aromatic rings. The molecule has 0 radical (unpaired) electrons. The van der Waals surface area contributed by atoms with Crippen molar-refractivity contribution in [3.8, 4) is 11.5 Å². The molecular formula is C17H25NO2Se. The second-order valence-corrected chi connectivity index (χ2v) is 8.46. The van der Waals surface area contributed by atoms with Gasteiger partial charge in [0.1, 0.15) is 0 Å². The summed E-state index contributed by atoms with van der Waals surface area (Å²) in [5.74, 6) is 3.63. The molecule has 116 valence electrons. The van der Waals surface area contributed by atoms with Gasteiger partial charge >= 0.3 is 134 Å². The third-order valence-electron chi connectivity index (χ3n) is 4.57. The van der Waals surface area contributed by atoms with Crippen LogP contribution in [0.3, 0.4) is 0 Å². The van der Waals surface area contributed by atoms with Crippen LogP contribution in [0.1, 0.15) is 12.0 Å². The molecule has 21 heavy (non-hydrogen) atoms. The number of ether oxygens (including phenoxy) is 2. The average molecular weight is 354 g/mol. The molecule has 0 amide bonds. The van der Waals surface area contributed by atoms with Crippen molar-refractivity contribution >= 4 is 15.0 Å². The molecule has 0 aromatic heterocycles. The summed E-state index contributed by atoms with van der Waals surface area (Å²) < 4.78 is 10.7. The first-order valence-corrected chi connectivity index (χ1v) is 10.2. The Hall–Kier alpha value is -0.701. The second-order valence-electron chi connectivity index (χ2n) is 6.20. The van der Waals surface area contributed by atoms with Gasteiger partial charge < -0.3 is 0 Å². The number of hydrogen-bond donors (Lipinski definition) is 0. The summed E-state index contributed by atoms with van der Waals surface area (Å²) in [5.41, 5.74) is 1.34. The van der Waals surface area contributed by atoms with Crippen LogP contribution in [0.4, 0.5) is 0 Å². The van der Waals surface area contributed by atoms with E-state index in [0.717, 1.165) is 44.7 Å². The molecule has 0 aliphatic carbocycles. The van der Waals surface area contributed by atoms with Crippen molar-refractivity contribution in [3.63, 3.8) is 0 Å². The standard InChI is InChI=1S/C17H25NO2Se/c1-19-16-4-3-13(8-17(16)20-2)5-6-18-9-14-7-15(10-18)12-21-11-14/h3-4,8,14-15H,5-7,9-12H2,1-2H3. The fourth-order valence-electron chi connectivity index (χ4n) is 3.57. The van der Waals surface area contributed by atoms with E-state index in [1.165, 1.54) is 42.3 Å². The van der Waals surface area contributed by atoms with Gasteiger partial charge in [-0.3, -0.25) is 0 Å². The predicted octanol–water partition coefficient (Wildman–Crippen LogP) is 2.74. The zero-order chi connectivity index (χ0) is 14.7. The molecule has 2 saturated heterocycles. The van der Waals surface area contributed by atoms with Gasteiger partial charge in [-0.15, -0.1) is 0 Å². The minimum absolute atomic E-state index is 0.816. The molecular weight excluding hydrogens is 329 g/mol. The zero-order valence-corrected chi connectivity index (χ0v) is 14.7. The van der Waals surface area contributed by atoms with Gasteiger partial charge in [-0.25, -0.2) is 0 Å². The van der Waals surface area contributed by atoms with Crippen LogP contribution in [0.25, 0.3) is 0 Å². The zero-order valence-electron chi connectivity index (χ0n) is 13.0. The minimum atomic E-state index is 0.816. The van der Waals surface area contributed by atoms with Crippen LogP contribution in [0.5, 0.6) is 11.5 Å². The first-order valence-electron chi connectivity index (χ1n) is 7.79. The van der Waals surface area contributed by atoms with Crippen LogP contribution in [-0.4, -0.2) is 53.7 Å². The maximum atomic E-state index is 5.39. The number of fused-ring (bicyclic) bond motifs is 2. The summed E-state index contributed by atoms with van der Waals surface area (Å²) in [7, 11) is 3.39. The molecule has 2 unspecified atom stereocenters. The Labute approximate surface area is 134 Å². The SMILES string of the molecule is COc1ccc(CCN2CC3C[Se]CC(C3)C2)cc1OC. The molecule has 2 atom stereocenters. The molecule has 0 spiro atoms. The molecule has 4 heteroatoms. The molecule has 2 fully saturated rings. The number of hydrogen-bond acceptors (Lipinski definition) is 3. The molecule has 1 aromatic carbocycles. The first-order chi connectivity index (χ1) is 10.3. The topological polar surface area (TPSA) is 21.7 Å². The van der Waals surface area contributed by atoms with Crippen LogP contribution in [0, 0.1) is 11.8 Å². The predicted molar refractivity (Wildman–Crippen MR) is 86.7 cm³/mol. The Morgan fingerprint density at radius 3 is 2.48 bits per heavy atom. The third kappa shape index (κ3) is 3.74. The summed E-state index contributed by atoms with van der Waals surface area (Å²) in [6.45, 7) is 3.83. The van der Waals surface area contributed by atoms with E-state index in [1.54, 1.807) is 14.2 Å². The van der Waals surface area contributed by atoms with Crippen molar-refractivity contribution in [2.24, 2.45) is 11.8 Å². The number of rotatable bonds is 5. The van der Waals surface area contributed by atoms with Gasteiger partial charge in [0.25, 0.3) is 0 Å². The van der Waals surface area contributed by atoms with Gasteiger partial charge in [0.05, 0.1) is 0 Å². The number of piperidine rings is 1. The van der Waals surface area contributed by atoms with Crippen LogP contribution < -0.4 is 9.47 Å². The van der Waals surface area contributed by atoms with E-state index in [2.05, 4.69) is 17.0 Å². The molecule has 2 bridgehead atoms. The fourth-order valence-corrected chi connectivity index (χ4v) is 6.27. The van der Waals surface area contributed by atoms with Gasteiger partial charge in [-0.1, -0.05) is 0 Å². The van der Waals surface area contributed by atoms with Crippen LogP contribution in [-0.2, 0) is 6.42 Å². The number of methoxy groups -OCH3 is 2. The normalized spacial score (nSPS) is 25.6. The Balaban J connectivity index is 1.57. The van der Waals surface area contributed by atoms with E-state index >= 15 is 0 Å².